The number of ether oxygens (including phenoxy) is 2. The second-order valence-corrected chi connectivity index (χ2v) is 6.16. The summed E-state index contributed by atoms with van der Waals surface area (Å²) < 4.78 is 11.3. The average molecular weight is 275 g/mol. The molecule has 1 aromatic rings. The highest BCUT2D eigenvalue weighted by atomic mass is 16.5. The van der Waals surface area contributed by atoms with Crippen molar-refractivity contribution in [2.75, 3.05) is 13.7 Å². The van der Waals surface area contributed by atoms with Gasteiger partial charge in [-0.15, -0.1) is 0 Å². The summed E-state index contributed by atoms with van der Waals surface area (Å²) in [5, 5.41) is 3.71. The van der Waals surface area contributed by atoms with E-state index in [0.29, 0.717) is 6.04 Å². The van der Waals surface area contributed by atoms with E-state index in [0.717, 1.165) is 25.3 Å². The van der Waals surface area contributed by atoms with Gasteiger partial charge >= 0.3 is 0 Å². The SMILES string of the molecule is COc1ccc(CNC2CCOC3(CCCC3)C2)cc1. The molecule has 0 amide bonds. The van der Waals surface area contributed by atoms with Gasteiger partial charge in [-0.2, -0.15) is 0 Å². The second-order valence-electron chi connectivity index (χ2n) is 6.16. The zero-order valence-corrected chi connectivity index (χ0v) is 12.4. The van der Waals surface area contributed by atoms with Gasteiger partial charge in [0.1, 0.15) is 5.75 Å². The van der Waals surface area contributed by atoms with E-state index < -0.39 is 0 Å². The largest absolute Gasteiger partial charge is 0.497 e. The molecule has 2 aliphatic rings. The second kappa shape index (κ2) is 6.15. The van der Waals surface area contributed by atoms with Gasteiger partial charge in [0.2, 0.25) is 0 Å². The first-order valence-corrected chi connectivity index (χ1v) is 7.80. The molecule has 0 aromatic heterocycles. The Labute approximate surface area is 121 Å². The number of hydrogen-bond donors (Lipinski definition) is 1. The topological polar surface area (TPSA) is 30.5 Å². The lowest BCUT2D eigenvalue weighted by Gasteiger charge is -2.38. The maximum absolute atomic E-state index is 6.08. The Kier molecular flexibility index (Phi) is 4.27. The summed E-state index contributed by atoms with van der Waals surface area (Å²) in [5.74, 6) is 0.921. The highest BCUT2D eigenvalue weighted by molar-refractivity contribution is 5.27. The Morgan fingerprint density at radius 3 is 2.70 bits per heavy atom. The molecule has 1 atom stereocenters. The number of hydrogen-bond acceptors (Lipinski definition) is 3. The quantitative estimate of drug-likeness (QED) is 0.914. The fraction of sp³-hybridized carbons (Fsp3) is 0.647. The molecule has 1 aliphatic heterocycles. The first-order chi connectivity index (χ1) is 9.80. The van der Waals surface area contributed by atoms with E-state index in [1.807, 2.05) is 12.1 Å². The molecule has 1 saturated heterocycles. The van der Waals surface area contributed by atoms with E-state index in [9.17, 15) is 0 Å². The van der Waals surface area contributed by atoms with Crippen LogP contribution in [-0.4, -0.2) is 25.4 Å². The Morgan fingerprint density at radius 1 is 1.25 bits per heavy atom. The molecule has 3 rings (SSSR count). The third-order valence-corrected chi connectivity index (χ3v) is 4.76. The lowest BCUT2D eigenvalue weighted by molar-refractivity contribution is -0.0837. The molecule has 1 unspecified atom stereocenters. The van der Waals surface area contributed by atoms with Gasteiger partial charge in [-0.3, -0.25) is 0 Å². The fourth-order valence-corrected chi connectivity index (χ4v) is 3.58. The molecule has 0 radical (unpaired) electrons. The van der Waals surface area contributed by atoms with Gasteiger partial charge in [-0.05, 0) is 43.4 Å². The molecule has 1 aliphatic carbocycles. The van der Waals surface area contributed by atoms with Crippen molar-refractivity contribution in [3.63, 3.8) is 0 Å². The van der Waals surface area contributed by atoms with Crippen LogP contribution in [0.15, 0.2) is 24.3 Å². The zero-order chi connectivity index (χ0) is 13.8. The molecular formula is C17H25NO2. The first-order valence-electron chi connectivity index (χ1n) is 7.80. The van der Waals surface area contributed by atoms with Crippen LogP contribution in [0.25, 0.3) is 0 Å². The lowest BCUT2D eigenvalue weighted by Crippen LogP contribution is -2.45. The third kappa shape index (κ3) is 3.15. The maximum atomic E-state index is 6.08. The summed E-state index contributed by atoms with van der Waals surface area (Å²) in [6.07, 6.45) is 7.51. The van der Waals surface area contributed by atoms with Crippen LogP contribution in [0.4, 0.5) is 0 Å². The molecular weight excluding hydrogens is 250 g/mol. The van der Waals surface area contributed by atoms with Crippen LogP contribution in [0.1, 0.15) is 44.1 Å². The Bertz CT molecular complexity index is 423. The predicted molar refractivity (Wildman–Crippen MR) is 80.0 cm³/mol. The van der Waals surface area contributed by atoms with Gasteiger partial charge in [-0.25, -0.2) is 0 Å². The minimum atomic E-state index is 0.204. The molecule has 110 valence electrons. The van der Waals surface area contributed by atoms with Crippen molar-refractivity contribution in [2.45, 2.75) is 56.7 Å². The van der Waals surface area contributed by atoms with Gasteiger partial charge in [0, 0.05) is 19.2 Å². The Hall–Kier alpha value is -1.06. The van der Waals surface area contributed by atoms with Crippen LogP contribution in [0, 0.1) is 0 Å². The summed E-state index contributed by atoms with van der Waals surface area (Å²) in [4.78, 5) is 0. The molecule has 1 spiro atoms. The van der Waals surface area contributed by atoms with Crippen LogP contribution in [0.2, 0.25) is 0 Å². The minimum absolute atomic E-state index is 0.204. The third-order valence-electron chi connectivity index (χ3n) is 4.76. The minimum Gasteiger partial charge on any atom is -0.497 e. The molecule has 0 bridgehead atoms. The molecule has 1 N–H and O–H groups in total. The molecule has 2 fully saturated rings. The lowest BCUT2D eigenvalue weighted by atomic mass is 9.89. The molecule has 1 aromatic carbocycles. The average Bonchev–Trinajstić information content (AvgIpc) is 2.93. The summed E-state index contributed by atoms with van der Waals surface area (Å²) in [7, 11) is 1.70. The highest BCUT2D eigenvalue weighted by Gasteiger charge is 2.39. The van der Waals surface area contributed by atoms with Crippen LogP contribution in [0.3, 0.4) is 0 Å². The molecule has 1 heterocycles. The van der Waals surface area contributed by atoms with Gasteiger partial charge in [0.05, 0.1) is 12.7 Å². The van der Waals surface area contributed by atoms with Crippen LogP contribution >= 0.6 is 0 Å². The standard InChI is InChI=1S/C17H25NO2/c1-19-16-6-4-14(5-7-16)13-18-15-8-11-20-17(12-15)9-2-3-10-17/h4-7,15,18H,2-3,8-13H2,1H3. The smallest absolute Gasteiger partial charge is 0.118 e. The Balaban J connectivity index is 1.52. The van der Waals surface area contributed by atoms with Gasteiger partial charge in [0.15, 0.2) is 0 Å². The van der Waals surface area contributed by atoms with Crippen LogP contribution in [0.5, 0.6) is 5.75 Å². The monoisotopic (exact) mass is 275 g/mol. The van der Waals surface area contributed by atoms with Crippen molar-refractivity contribution in [2.24, 2.45) is 0 Å². The van der Waals surface area contributed by atoms with Crippen LogP contribution < -0.4 is 10.1 Å². The number of benzene rings is 1. The summed E-state index contributed by atoms with van der Waals surface area (Å²) in [5.41, 5.74) is 1.52. The summed E-state index contributed by atoms with van der Waals surface area (Å²) >= 11 is 0. The predicted octanol–water partition coefficient (Wildman–Crippen LogP) is 3.28. The van der Waals surface area contributed by atoms with E-state index in [1.165, 1.54) is 37.7 Å². The van der Waals surface area contributed by atoms with Gasteiger partial charge < -0.3 is 14.8 Å². The number of rotatable bonds is 4. The zero-order valence-electron chi connectivity index (χ0n) is 12.4. The number of methoxy groups -OCH3 is 1. The summed E-state index contributed by atoms with van der Waals surface area (Å²) in [6, 6.07) is 8.93. The molecule has 3 heteroatoms. The molecule has 1 saturated carbocycles. The van der Waals surface area contributed by atoms with E-state index >= 15 is 0 Å². The van der Waals surface area contributed by atoms with E-state index in [-0.39, 0.29) is 5.60 Å². The first kappa shape index (κ1) is 13.9. The summed E-state index contributed by atoms with van der Waals surface area (Å²) in [6.45, 7) is 1.85. The fourth-order valence-electron chi connectivity index (χ4n) is 3.58. The van der Waals surface area contributed by atoms with Crippen molar-refractivity contribution in [1.29, 1.82) is 0 Å². The van der Waals surface area contributed by atoms with Gasteiger partial charge in [-0.1, -0.05) is 25.0 Å². The van der Waals surface area contributed by atoms with Crippen molar-refractivity contribution in [3.05, 3.63) is 29.8 Å². The number of nitrogens with one attached hydrogen (secondary N) is 1. The van der Waals surface area contributed by atoms with E-state index in [2.05, 4.69) is 17.4 Å². The molecule has 3 nitrogen and oxygen atoms in total. The van der Waals surface area contributed by atoms with Crippen molar-refractivity contribution < 1.29 is 9.47 Å². The van der Waals surface area contributed by atoms with Gasteiger partial charge in [0.25, 0.3) is 0 Å². The highest BCUT2D eigenvalue weighted by Crippen LogP contribution is 2.39. The van der Waals surface area contributed by atoms with Crippen molar-refractivity contribution in [3.8, 4) is 5.75 Å². The van der Waals surface area contributed by atoms with Crippen LogP contribution in [-0.2, 0) is 11.3 Å². The maximum Gasteiger partial charge on any atom is 0.118 e. The Morgan fingerprint density at radius 2 is 2.00 bits per heavy atom. The normalized spacial score (nSPS) is 24.9. The molecule has 20 heavy (non-hydrogen) atoms. The van der Waals surface area contributed by atoms with Crippen molar-refractivity contribution >= 4 is 0 Å². The van der Waals surface area contributed by atoms with Crippen molar-refractivity contribution in [1.82, 2.24) is 5.32 Å². The van der Waals surface area contributed by atoms with E-state index in [1.54, 1.807) is 7.11 Å². The van der Waals surface area contributed by atoms with E-state index in [4.69, 9.17) is 9.47 Å².